The maximum Gasteiger partial charge on any atom is 0.215 e. The normalized spacial score (nSPS) is 10.6. The summed E-state index contributed by atoms with van der Waals surface area (Å²) >= 11 is 0. The SMILES string of the molecule is Cc1ncc(C)n2nc(C=O)nc12. The van der Waals surface area contributed by atoms with Crippen molar-refractivity contribution in [3.05, 3.63) is 23.4 Å². The Hall–Kier alpha value is -1.78. The molecule has 2 heterocycles. The quantitative estimate of drug-likeness (QED) is 0.595. The van der Waals surface area contributed by atoms with Crippen LogP contribution in [-0.4, -0.2) is 25.9 Å². The van der Waals surface area contributed by atoms with Gasteiger partial charge in [-0.05, 0) is 13.8 Å². The first-order valence-corrected chi connectivity index (χ1v) is 3.86. The molecule has 0 aliphatic rings. The molecule has 2 rings (SSSR count). The molecule has 2 aromatic rings. The van der Waals surface area contributed by atoms with Crippen LogP contribution in [0.1, 0.15) is 22.0 Å². The van der Waals surface area contributed by atoms with Crippen molar-refractivity contribution in [3.8, 4) is 0 Å². The molecule has 0 atom stereocenters. The van der Waals surface area contributed by atoms with Gasteiger partial charge < -0.3 is 0 Å². The zero-order chi connectivity index (χ0) is 9.42. The van der Waals surface area contributed by atoms with Gasteiger partial charge in [-0.2, -0.15) is 0 Å². The summed E-state index contributed by atoms with van der Waals surface area (Å²) in [6, 6.07) is 0. The van der Waals surface area contributed by atoms with Crippen LogP contribution in [0.25, 0.3) is 5.65 Å². The molecule has 0 unspecified atom stereocenters. The van der Waals surface area contributed by atoms with E-state index in [1.165, 1.54) is 0 Å². The largest absolute Gasteiger partial charge is 0.294 e. The standard InChI is InChI=1S/C8H8N4O/c1-5-3-9-6(2)8-10-7(4-13)11-12(5)8/h3-4H,1-2H3. The Balaban J connectivity index is 2.87. The van der Waals surface area contributed by atoms with E-state index in [-0.39, 0.29) is 5.82 Å². The third-order valence-electron chi connectivity index (χ3n) is 1.83. The summed E-state index contributed by atoms with van der Waals surface area (Å²) < 4.78 is 1.62. The molecule has 0 fully saturated rings. The van der Waals surface area contributed by atoms with Gasteiger partial charge in [-0.25, -0.2) is 9.50 Å². The lowest BCUT2D eigenvalue weighted by molar-refractivity contribution is 0.111. The van der Waals surface area contributed by atoms with Crippen molar-refractivity contribution in [2.24, 2.45) is 0 Å². The van der Waals surface area contributed by atoms with E-state index in [1.807, 2.05) is 13.8 Å². The molecule has 0 saturated carbocycles. The van der Waals surface area contributed by atoms with Crippen LogP contribution in [0.3, 0.4) is 0 Å². The molecule has 0 spiro atoms. The lowest BCUT2D eigenvalue weighted by atomic mass is 10.4. The number of nitrogens with zero attached hydrogens (tertiary/aromatic N) is 4. The van der Waals surface area contributed by atoms with Crippen molar-refractivity contribution in [1.29, 1.82) is 0 Å². The topological polar surface area (TPSA) is 60.2 Å². The van der Waals surface area contributed by atoms with Crippen LogP contribution >= 0.6 is 0 Å². The van der Waals surface area contributed by atoms with E-state index in [0.29, 0.717) is 11.9 Å². The first kappa shape index (κ1) is 7.85. The molecule has 66 valence electrons. The zero-order valence-electron chi connectivity index (χ0n) is 7.35. The highest BCUT2D eigenvalue weighted by Gasteiger charge is 2.06. The number of fused-ring (bicyclic) bond motifs is 1. The molecular formula is C8H8N4O. The second kappa shape index (κ2) is 2.62. The van der Waals surface area contributed by atoms with Crippen molar-refractivity contribution in [2.75, 3.05) is 0 Å². The molecule has 0 aromatic carbocycles. The predicted octanol–water partition coefficient (Wildman–Crippen LogP) is 0.554. The fourth-order valence-electron chi connectivity index (χ4n) is 1.16. The number of aryl methyl sites for hydroxylation is 2. The van der Waals surface area contributed by atoms with Crippen molar-refractivity contribution < 1.29 is 4.79 Å². The molecule has 5 nitrogen and oxygen atoms in total. The van der Waals surface area contributed by atoms with Gasteiger partial charge in [-0.1, -0.05) is 0 Å². The lowest BCUT2D eigenvalue weighted by Crippen LogP contribution is -1.97. The highest BCUT2D eigenvalue weighted by Crippen LogP contribution is 2.06. The van der Waals surface area contributed by atoms with E-state index in [0.717, 1.165) is 11.4 Å². The number of hydrogen-bond acceptors (Lipinski definition) is 4. The van der Waals surface area contributed by atoms with Gasteiger partial charge in [-0.15, -0.1) is 5.10 Å². The number of rotatable bonds is 1. The van der Waals surface area contributed by atoms with Gasteiger partial charge in [0.1, 0.15) is 0 Å². The van der Waals surface area contributed by atoms with Crippen LogP contribution in [0.5, 0.6) is 0 Å². The van der Waals surface area contributed by atoms with Crippen LogP contribution in [0, 0.1) is 13.8 Å². The Labute approximate surface area is 74.4 Å². The summed E-state index contributed by atoms with van der Waals surface area (Å²) in [5, 5.41) is 3.99. The number of carbonyl (C=O) groups excluding carboxylic acids is 1. The first-order valence-electron chi connectivity index (χ1n) is 3.86. The molecule has 0 radical (unpaired) electrons. The molecule has 0 bridgehead atoms. The van der Waals surface area contributed by atoms with Gasteiger partial charge in [0.15, 0.2) is 11.9 Å². The van der Waals surface area contributed by atoms with Gasteiger partial charge in [0, 0.05) is 6.20 Å². The molecule has 13 heavy (non-hydrogen) atoms. The zero-order valence-corrected chi connectivity index (χ0v) is 7.35. The van der Waals surface area contributed by atoms with E-state index in [4.69, 9.17) is 0 Å². The Morgan fingerprint density at radius 1 is 1.46 bits per heavy atom. The minimum atomic E-state index is 0.194. The predicted molar refractivity (Wildman–Crippen MR) is 45.6 cm³/mol. The number of aldehydes is 1. The molecule has 0 aliphatic carbocycles. The third kappa shape index (κ3) is 1.09. The summed E-state index contributed by atoms with van der Waals surface area (Å²) in [6.07, 6.45) is 2.33. The molecular weight excluding hydrogens is 168 g/mol. The first-order chi connectivity index (χ1) is 6.22. The van der Waals surface area contributed by atoms with Crippen LogP contribution in [0.4, 0.5) is 0 Å². The Morgan fingerprint density at radius 3 is 2.85 bits per heavy atom. The number of hydrogen-bond donors (Lipinski definition) is 0. The third-order valence-corrected chi connectivity index (χ3v) is 1.83. The molecule has 2 aromatic heterocycles. The summed E-state index contributed by atoms with van der Waals surface area (Å²) in [4.78, 5) is 18.6. The summed E-state index contributed by atoms with van der Waals surface area (Å²) in [5.41, 5.74) is 2.27. The van der Waals surface area contributed by atoms with E-state index < -0.39 is 0 Å². The van der Waals surface area contributed by atoms with Crippen LogP contribution in [0.2, 0.25) is 0 Å². The van der Waals surface area contributed by atoms with E-state index >= 15 is 0 Å². The maximum atomic E-state index is 10.4. The molecule has 5 heteroatoms. The van der Waals surface area contributed by atoms with Crippen molar-refractivity contribution in [2.45, 2.75) is 13.8 Å². The summed E-state index contributed by atoms with van der Waals surface area (Å²) in [5.74, 6) is 0.194. The number of aromatic nitrogens is 4. The van der Waals surface area contributed by atoms with Gasteiger partial charge >= 0.3 is 0 Å². The highest BCUT2D eigenvalue weighted by atomic mass is 16.1. The van der Waals surface area contributed by atoms with Crippen LogP contribution in [0.15, 0.2) is 6.20 Å². The molecule has 0 amide bonds. The Kier molecular flexibility index (Phi) is 1.58. The smallest absolute Gasteiger partial charge is 0.215 e. The summed E-state index contributed by atoms with van der Waals surface area (Å²) in [7, 11) is 0. The van der Waals surface area contributed by atoms with Gasteiger partial charge in [0.2, 0.25) is 5.82 Å². The lowest BCUT2D eigenvalue weighted by Gasteiger charge is -1.97. The average molecular weight is 176 g/mol. The maximum absolute atomic E-state index is 10.4. The van der Waals surface area contributed by atoms with Gasteiger partial charge in [0.05, 0.1) is 11.4 Å². The average Bonchev–Trinajstić information content (AvgIpc) is 2.56. The van der Waals surface area contributed by atoms with Crippen LogP contribution < -0.4 is 0 Å². The van der Waals surface area contributed by atoms with Crippen LogP contribution in [-0.2, 0) is 0 Å². The number of carbonyl (C=O) groups is 1. The molecule has 0 N–H and O–H groups in total. The second-order valence-corrected chi connectivity index (χ2v) is 2.81. The van der Waals surface area contributed by atoms with E-state index in [2.05, 4.69) is 15.1 Å². The molecule has 0 aliphatic heterocycles. The monoisotopic (exact) mass is 176 g/mol. The Bertz CT molecular complexity index is 435. The van der Waals surface area contributed by atoms with E-state index in [1.54, 1.807) is 10.7 Å². The summed E-state index contributed by atoms with van der Waals surface area (Å²) in [6.45, 7) is 3.70. The van der Waals surface area contributed by atoms with Crippen molar-refractivity contribution in [3.63, 3.8) is 0 Å². The highest BCUT2D eigenvalue weighted by molar-refractivity contribution is 5.70. The van der Waals surface area contributed by atoms with E-state index in [9.17, 15) is 4.79 Å². The van der Waals surface area contributed by atoms with Gasteiger partial charge in [-0.3, -0.25) is 9.78 Å². The fourth-order valence-corrected chi connectivity index (χ4v) is 1.16. The molecule has 0 saturated heterocycles. The van der Waals surface area contributed by atoms with Crippen molar-refractivity contribution >= 4 is 11.9 Å². The minimum absolute atomic E-state index is 0.194. The fraction of sp³-hybridized carbons (Fsp3) is 0.250. The van der Waals surface area contributed by atoms with Crippen molar-refractivity contribution in [1.82, 2.24) is 19.6 Å². The minimum Gasteiger partial charge on any atom is -0.294 e. The second-order valence-electron chi connectivity index (χ2n) is 2.81. The van der Waals surface area contributed by atoms with Gasteiger partial charge in [0.25, 0.3) is 0 Å². The Morgan fingerprint density at radius 2 is 2.23 bits per heavy atom.